The summed E-state index contributed by atoms with van der Waals surface area (Å²) >= 11 is 0. The minimum atomic E-state index is -0.0186. The molecule has 1 atom stereocenters. The molecule has 0 aliphatic heterocycles. The number of anilines is 1. The number of ether oxygens (including phenoxy) is 1. The van der Waals surface area contributed by atoms with Gasteiger partial charge in [0.05, 0.1) is 7.11 Å². The third kappa shape index (κ3) is 3.45. The normalized spacial score (nSPS) is 17.8. The molecule has 0 heterocycles. The van der Waals surface area contributed by atoms with Crippen molar-refractivity contribution in [1.82, 2.24) is 0 Å². The summed E-state index contributed by atoms with van der Waals surface area (Å²) < 4.78 is 5.48. The highest BCUT2D eigenvalue weighted by Crippen LogP contribution is 2.34. The Kier molecular flexibility index (Phi) is 5.30. The lowest BCUT2D eigenvalue weighted by atomic mass is 9.88. The first kappa shape index (κ1) is 15.2. The van der Waals surface area contributed by atoms with Crippen LogP contribution in [0.1, 0.15) is 50.6 Å². The van der Waals surface area contributed by atoms with Crippen LogP contribution in [0, 0.1) is 5.92 Å². The van der Waals surface area contributed by atoms with Gasteiger partial charge in [-0.2, -0.15) is 0 Å². The number of nitrogens with zero attached hydrogens (tertiary/aromatic N) is 1. The van der Waals surface area contributed by atoms with E-state index in [0.717, 1.165) is 23.8 Å². The second-order valence-corrected chi connectivity index (χ2v) is 6.07. The highest BCUT2D eigenvalue weighted by molar-refractivity contribution is 5.60. The summed E-state index contributed by atoms with van der Waals surface area (Å²) in [5, 5.41) is 0. The Labute approximate surface area is 123 Å². The molecule has 1 aliphatic carbocycles. The number of benzene rings is 1. The van der Waals surface area contributed by atoms with E-state index in [1.807, 2.05) is 13.0 Å². The van der Waals surface area contributed by atoms with E-state index in [4.69, 9.17) is 10.5 Å². The second kappa shape index (κ2) is 6.98. The van der Waals surface area contributed by atoms with Crippen molar-refractivity contribution in [3.63, 3.8) is 0 Å². The molecule has 2 N–H and O–H groups in total. The van der Waals surface area contributed by atoms with Crippen LogP contribution in [0.2, 0.25) is 0 Å². The molecule has 1 aliphatic rings. The molecule has 20 heavy (non-hydrogen) atoms. The SMILES string of the molecule is COc1cccc(N(C)CC2CCCCC2)c1[C@H](C)N. The van der Waals surface area contributed by atoms with Crippen molar-refractivity contribution in [2.45, 2.75) is 45.1 Å². The molecule has 0 unspecified atom stereocenters. The molecule has 1 aromatic rings. The maximum absolute atomic E-state index is 6.16. The van der Waals surface area contributed by atoms with Crippen LogP contribution in [0.15, 0.2) is 18.2 Å². The molecule has 1 aromatic carbocycles. The Morgan fingerprint density at radius 1 is 1.30 bits per heavy atom. The van der Waals surface area contributed by atoms with E-state index < -0.39 is 0 Å². The average Bonchev–Trinajstić information content (AvgIpc) is 2.47. The van der Waals surface area contributed by atoms with Crippen LogP contribution < -0.4 is 15.4 Å². The van der Waals surface area contributed by atoms with Crippen molar-refractivity contribution in [2.24, 2.45) is 11.7 Å². The van der Waals surface area contributed by atoms with Crippen LogP contribution in [0.25, 0.3) is 0 Å². The first-order valence-corrected chi connectivity index (χ1v) is 7.77. The van der Waals surface area contributed by atoms with Gasteiger partial charge in [-0.15, -0.1) is 0 Å². The van der Waals surface area contributed by atoms with Crippen LogP contribution in [0.3, 0.4) is 0 Å². The van der Waals surface area contributed by atoms with Gasteiger partial charge in [-0.3, -0.25) is 0 Å². The second-order valence-electron chi connectivity index (χ2n) is 6.07. The molecule has 0 radical (unpaired) electrons. The van der Waals surface area contributed by atoms with Gasteiger partial charge in [0.1, 0.15) is 5.75 Å². The third-order valence-electron chi connectivity index (χ3n) is 4.39. The average molecular weight is 276 g/mol. The third-order valence-corrected chi connectivity index (χ3v) is 4.39. The lowest BCUT2D eigenvalue weighted by Crippen LogP contribution is -2.28. The maximum atomic E-state index is 6.16. The van der Waals surface area contributed by atoms with Crippen LogP contribution in [-0.4, -0.2) is 20.7 Å². The summed E-state index contributed by atoms with van der Waals surface area (Å²) in [5.41, 5.74) is 8.49. The van der Waals surface area contributed by atoms with Crippen LogP contribution in [0.5, 0.6) is 5.75 Å². The zero-order chi connectivity index (χ0) is 14.5. The summed E-state index contributed by atoms with van der Waals surface area (Å²) in [6, 6.07) is 6.19. The highest BCUT2D eigenvalue weighted by atomic mass is 16.5. The minimum Gasteiger partial charge on any atom is -0.496 e. The molecule has 0 saturated heterocycles. The zero-order valence-electron chi connectivity index (χ0n) is 13.1. The van der Waals surface area contributed by atoms with E-state index >= 15 is 0 Å². The van der Waals surface area contributed by atoms with Crippen LogP contribution in [-0.2, 0) is 0 Å². The van der Waals surface area contributed by atoms with Gasteiger partial charge < -0.3 is 15.4 Å². The number of methoxy groups -OCH3 is 1. The minimum absolute atomic E-state index is 0.0186. The Balaban J connectivity index is 2.17. The van der Waals surface area contributed by atoms with Gasteiger partial charge in [0, 0.05) is 30.9 Å². The van der Waals surface area contributed by atoms with Crippen molar-refractivity contribution in [2.75, 3.05) is 25.6 Å². The van der Waals surface area contributed by atoms with Crippen molar-refractivity contribution in [3.05, 3.63) is 23.8 Å². The molecule has 1 saturated carbocycles. The molecule has 3 heteroatoms. The smallest absolute Gasteiger partial charge is 0.125 e. The van der Waals surface area contributed by atoms with Gasteiger partial charge in [-0.25, -0.2) is 0 Å². The maximum Gasteiger partial charge on any atom is 0.125 e. The van der Waals surface area contributed by atoms with Gasteiger partial charge in [-0.1, -0.05) is 25.3 Å². The van der Waals surface area contributed by atoms with Crippen molar-refractivity contribution in [3.8, 4) is 5.75 Å². The summed E-state index contributed by atoms with van der Waals surface area (Å²) in [7, 11) is 3.89. The van der Waals surface area contributed by atoms with Gasteiger partial charge >= 0.3 is 0 Å². The van der Waals surface area contributed by atoms with Crippen molar-refractivity contribution >= 4 is 5.69 Å². The Morgan fingerprint density at radius 3 is 2.60 bits per heavy atom. The van der Waals surface area contributed by atoms with E-state index in [2.05, 4.69) is 24.1 Å². The number of hydrogen-bond donors (Lipinski definition) is 1. The summed E-state index contributed by atoms with van der Waals surface area (Å²) in [5.74, 6) is 1.72. The molecule has 0 spiro atoms. The van der Waals surface area contributed by atoms with E-state index in [1.54, 1.807) is 7.11 Å². The van der Waals surface area contributed by atoms with Gasteiger partial charge in [0.25, 0.3) is 0 Å². The lowest BCUT2D eigenvalue weighted by Gasteiger charge is -2.31. The standard InChI is InChI=1S/C17H28N2O/c1-13(18)17-15(10-7-11-16(17)20-3)19(2)12-14-8-5-4-6-9-14/h7,10-11,13-14H,4-6,8-9,12,18H2,1-3H3/t13-/m0/s1. The Hall–Kier alpha value is -1.22. The van der Waals surface area contributed by atoms with Crippen LogP contribution in [0.4, 0.5) is 5.69 Å². The van der Waals surface area contributed by atoms with Crippen LogP contribution >= 0.6 is 0 Å². The topological polar surface area (TPSA) is 38.5 Å². The van der Waals surface area contributed by atoms with Gasteiger partial charge in [0.2, 0.25) is 0 Å². The van der Waals surface area contributed by atoms with E-state index in [9.17, 15) is 0 Å². The first-order valence-electron chi connectivity index (χ1n) is 7.77. The zero-order valence-corrected chi connectivity index (χ0v) is 13.1. The summed E-state index contributed by atoms with van der Waals surface area (Å²) in [6.45, 7) is 3.14. The van der Waals surface area contributed by atoms with E-state index in [0.29, 0.717) is 0 Å². The molecule has 0 amide bonds. The molecule has 1 fully saturated rings. The predicted molar refractivity (Wildman–Crippen MR) is 85.4 cm³/mol. The molecular weight excluding hydrogens is 248 g/mol. The number of rotatable bonds is 5. The predicted octanol–water partition coefficient (Wildman–Crippen LogP) is 3.73. The van der Waals surface area contributed by atoms with Gasteiger partial charge in [-0.05, 0) is 37.8 Å². The first-order chi connectivity index (χ1) is 9.63. The fourth-order valence-electron chi connectivity index (χ4n) is 3.36. The molecule has 0 bridgehead atoms. The largest absolute Gasteiger partial charge is 0.496 e. The molecule has 2 rings (SSSR count). The summed E-state index contributed by atoms with van der Waals surface area (Å²) in [4.78, 5) is 2.36. The molecule has 3 nitrogen and oxygen atoms in total. The molecular formula is C17H28N2O. The number of hydrogen-bond acceptors (Lipinski definition) is 3. The lowest BCUT2D eigenvalue weighted by molar-refractivity contribution is 0.361. The number of nitrogens with two attached hydrogens (primary N) is 1. The van der Waals surface area contributed by atoms with Gasteiger partial charge in [0.15, 0.2) is 0 Å². The quantitative estimate of drug-likeness (QED) is 0.890. The Morgan fingerprint density at radius 2 is 2.00 bits per heavy atom. The van der Waals surface area contributed by atoms with E-state index in [-0.39, 0.29) is 6.04 Å². The van der Waals surface area contributed by atoms with Crippen molar-refractivity contribution in [1.29, 1.82) is 0 Å². The van der Waals surface area contributed by atoms with Crippen molar-refractivity contribution < 1.29 is 4.74 Å². The van der Waals surface area contributed by atoms with E-state index in [1.165, 1.54) is 37.8 Å². The fourth-order valence-corrected chi connectivity index (χ4v) is 3.36. The Bertz CT molecular complexity index is 425. The highest BCUT2D eigenvalue weighted by Gasteiger charge is 2.20. The fraction of sp³-hybridized carbons (Fsp3) is 0.647. The molecule has 112 valence electrons. The summed E-state index contributed by atoms with van der Waals surface area (Å²) in [6.07, 6.45) is 6.90. The molecule has 0 aromatic heterocycles. The monoisotopic (exact) mass is 276 g/mol.